The summed E-state index contributed by atoms with van der Waals surface area (Å²) in [7, 11) is 0. The Morgan fingerprint density at radius 2 is 2.33 bits per heavy atom. The third-order valence-corrected chi connectivity index (χ3v) is 3.61. The van der Waals surface area contributed by atoms with Crippen LogP contribution in [0.15, 0.2) is 12.1 Å². The maximum absolute atomic E-state index is 6.29. The first-order valence-corrected chi connectivity index (χ1v) is 5.91. The molecule has 1 aromatic rings. The molecule has 15 heavy (non-hydrogen) atoms. The number of halogens is 1. The maximum Gasteiger partial charge on any atom is 0.123 e. The number of hydrogen-bond donors (Lipinski definition) is 1. The van der Waals surface area contributed by atoms with Gasteiger partial charge in [0.05, 0.1) is 6.61 Å². The molecule has 0 bridgehead atoms. The SMILES string of the molecule is Clc1ccc2c(c1C1CCCN1)CCO2. The fourth-order valence-electron chi connectivity index (χ4n) is 2.58. The Balaban J connectivity index is 2.08. The van der Waals surface area contributed by atoms with Crippen LogP contribution in [0.3, 0.4) is 0 Å². The normalized spacial score (nSPS) is 23.9. The smallest absolute Gasteiger partial charge is 0.123 e. The summed E-state index contributed by atoms with van der Waals surface area (Å²) in [6.45, 7) is 1.90. The van der Waals surface area contributed by atoms with Crippen LogP contribution in [0, 0.1) is 0 Å². The second kappa shape index (κ2) is 3.69. The molecule has 80 valence electrons. The molecular weight excluding hydrogens is 210 g/mol. The van der Waals surface area contributed by atoms with Gasteiger partial charge in [-0.3, -0.25) is 0 Å². The average molecular weight is 224 g/mol. The zero-order valence-corrected chi connectivity index (χ0v) is 9.31. The predicted octanol–water partition coefficient (Wildman–Crippen LogP) is 2.70. The van der Waals surface area contributed by atoms with Crippen molar-refractivity contribution < 1.29 is 4.74 Å². The molecule has 2 aliphatic heterocycles. The van der Waals surface area contributed by atoms with Crippen LogP contribution in [0.2, 0.25) is 5.02 Å². The molecule has 3 heteroatoms. The van der Waals surface area contributed by atoms with Gasteiger partial charge in [-0.15, -0.1) is 0 Å². The highest BCUT2D eigenvalue weighted by Crippen LogP contribution is 2.39. The van der Waals surface area contributed by atoms with E-state index in [0.717, 1.165) is 30.3 Å². The summed E-state index contributed by atoms with van der Waals surface area (Å²) in [5.41, 5.74) is 2.60. The fourth-order valence-corrected chi connectivity index (χ4v) is 2.89. The second-order valence-corrected chi connectivity index (χ2v) is 4.59. The minimum Gasteiger partial charge on any atom is -0.493 e. The molecule has 0 spiro atoms. The standard InChI is InChI=1S/C12H14ClNO/c13-9-3-4-11-8(5-7-15-11)12(9)10-2-1-6-14-10/h3-4,10,14H,1-2,5-7H2. The highest BCUT2D eigenvalue weighted by Gasteiger charge is 2.26. The van der Waals surface area contributed by atoms with Crippen LogP contribution in [0.25, 0.3) is 0 Å². The number of fused-ring (bicyclic) bond motifs is 1. The van der Waals surface area contributed by atoms with Crippen molar-refractivity contribution in [3.05, 3.63) is 28.3 Å². The number of ether oxygens (including phenoxy) is 1. The summed E-state index contributed by atoms with van der Waals surface area (Å²) in [4.78, 5) is 0. The van der Waals surface area contributed by atoms with E-state index in [0.29, 0.717) is 6.04 Å². The molecule has 2 aliphatic rings. The minimum absolute atomic E-state index is 0.439. The Labute approximate surface area is 94.6 Å². The van der Waals surface area contributed by atoms with Crippen LogP contribution in [0.1, 0.15) is 30.0 Å². The Kier molecular flexibility index (Phi) is 2.33. The Morgan fingerprint density at radius 1 is 1.40 bits per heavy atom. The monoisotopic (exact) mass is 223 g/mol. The summed E-state index contributed by atoms with van der Waals surface area (Å²) in [6, 6.07) is 4.39. The lowest BCUT2D eigenvalue weighted by Crippen LogP contribution is -2.14. The van der Waals surface area contributed by atoms with E-state index in [1.807, 2.05) is 12.1 Å². The van der Waals surface area contributed by atoms with Gasteiger partial charge in [-0.05, 0) is 37.1 Å². The van der Waals surface area contributed by atoms with Gasteiger partial charge in [0.25, 0.3) is 0 Å². The molecule has 1 N–H and O–H groups in total. The Bertz CT molecular complexity index is 385. The van der Waals surface area contributed by atoms with Crippen LogP contribution in [-0.4, -0.2) is 13.2 Å². The second-order valence-electron chi connectivity index (χ2n) is 4.19. The minimum atomic E-state index is 0.439. The Hall–Kier alpha value is -0.730. The molecular formula is C12H14ClNO. The molecule has 0 radical (unpaired) electrons. The van der Waals surface area contributed by atoms with E-state index in [2.05, 4.69) is 5.32 Å². The molecule has 1 aromatic carbocycles. The summed E-state index contributed by atoms with van der Waals surface area (Å²) in [5, 5.41) is 4.39. The molecule has 1 fully saturated rings. The van der Waals surface area contributed by atoms with Crippen molar-refractivity contribution in [2.45, 2.75) is 25.3 Å². The lowest BCUT2D eigenvalue weighted by Gasteiger charge is -2.16. The van der Waals surface area contributed by atoms with Gasteiger partial charge in [-0.2, -0.15) is 0 Å². The molecule has 0 aromatic heterocycles. The molecule has 1 unspecified atom stereocenters. The predicted molar refractivity (Wildman–Crippen MR) is 60.6 cm³/mol. The van der Waals surface area contributed by atoms with Gasteiger partial charge < -0.3 is 10.1 Å². The van der Waals surface area contributed by atoms with Gasteiger partial charge in [-0.1, -0.05) is 11.6 Å². The first kappa shape index (κ1) is 9.49. The van der Waals surface area contributed by atoms with Gasteiger partial charge in [-0.25, -0.2) is 0 Å². The van der Waals surface area contributed by atoms with E-state index in [9.17, 15) is 0 Å². The molecule has 3 rings (SSSR count). The van der Waals surface area contributed by atoms with Crippen molar-refractivity contribution in [3.8, 4) is 5.75 Å². The van der Waals surface area contributed by atoms with Gasteiger partial charge in [0.2, 0.25) is 0 Å². The van der Waals surface area contributed by atoms with Crippen molar-refractivity contribution in [2.24, 2.45) is 0 Å². The quantitative estimate of drug-likeness (QED) is 0.791. The van der Waals surface area contributed by atoms with Crippen LogP contribution in [0.4, 0.5) is 0 Å². The molecule has 0 aliphatic carbocycles. The molecule has 0 amide bonds. The van der Waals surface area contributed by atoms with E-state index in [-0.39, 0.29) is 0 Å². The molecule has 2 nitrogen and oxygen atoms in total. The summed E-state index contributed by atoms with van der Waals surface area (Å²) in [6.07, 6.45) is 3.44. The van der Waals surface area contributed by atoms with Gasteiger partial charge >= 0.3 is 0 Å². The third-order valence-electron chi connectivity index (χ3n) is 3.28. The van der Waals surface area contributed by atoms with Gasteiger partial charge in [0.1, 0.15) is 5.75 Å². The molecule has 2 heterocycles. The number of benzene rings is 1. The van der Waals surface area contributed by atoms with Crippen LogP contribution >= 0.6 is 11.6 Å². The molecule has 1 saturated heterocycles. The van der Waals surface area contributed by atoms with E-state index >= 15 is 0 Å². The van der Waals surface area contributed by atoms with E-state index < -0.39 is 0 Å². The lowest BCUT2D eigenvalue weighted by molar-refractivity contribution is 0.357. The summed E-state index contributed by atoms with van der Waals surface area (Å²) >= 11 is 6.29. The van der Waals surface area contributed by atoms with Crippen LogP contribution in [0.5, 0.6) is 5.75 Å². The zero-order valence-electron chi connectivity index (χ0n) is 8.55. The first-order valence-electron chi connectivity index (χ1n) is 5.54. The number of hydrogen-bond acceptors (Lipinski definition) is 2. The van der Waals surface area contributed by atoms with Crippen molar-refractivity contribution in [1.29, 1.82) is 0 Å². The lowest BCUT2D eigenvalue weighted by atomic mass is 9.97. The topological polar surface area (TPSA) is 21.3 Å². The summed E-state index contributed by atoms with van der Waals surface area (Å²) in [5.74, 6) is 1.03. The Morgan fingerprint density at radius 3 is 3.13 bits per heavy atom. The number of nitrogens with one attached hydrogen (secondary N) is 1. The van der Waals surface area contributed by atoms with Crippen LogP contribution < -0.4 is 10.1 Å². The molecule has 1 atom stereocenters. The van der Waals surface area contributed by atoms with Crippen molar-refractivity contribution >= 4 is 11.6 Å². The maximum atomic E-state index is 6.29. The largest absolute Gasteiger partial charge is 0.493 e. The third kappa shape index (κ3) is 1.52. The fraction of sp³-hybridized carbons (Fsp3) is 0.500. The van der Waals surface area contributed by atoms with Crippen molar-refractivity contribution in [1.82, 2.24) is 5.32 Å². The first-order chi connectivity index (χ1) is 7.36. The van der Waals surface area contributed by atoms with E-state index in [4.69, 9.17) is 16.3 Å². The highest BCUT2D eigenvalue weighted by atomic mass is 35.5. The zero-order chi connectivity index (χ0) is 10.3. The van der Waals surface area contributed by atoms with Crippen molar-refractivity contribution in [2.75, 3.05) is 13.2 Å². The van der Waals surface area contributed by atoms with E-state index in [1.54, 1.807) is 0 Å². The molecule has 0 saturated carbocycles. The van der Waals surface area contributed by atoms with Crippen LogP contribution in [-0.2, 0) is 6.42 Å². The van der Waals surface area contributed by atoms with Crippen molar-refractivity contribution in [3.63, 3.8) is 0 Å². The van der Waals surface area contributed by atoms with E-state index in [1.165, 1.54) is 24.0 Å². The van der Waals surface area contributed by atoms with Gasteiger partial charge in [0, 0.05) is 23.0 Å². The summed E-state index contributed by atoms with van der Waals surface area (Å²) < 4.78 is 5.57. The number of rotatable bonds is 1. The average Bonchev–Trinajstić information content (AvgIpc) is 2.85. The highest BCUT2D eigenvalue weighted by molar-refractivity contribution is 6.31. The van der Waals surface area contributed by atoms with Gasteiger partial charge in [0.15, 0.2) is 0 Å².